The Morgan fingerprint density at radius 1 is 1.07 bits per heavy atom. The molecular weight excluding hydrogens is 430 g/mol. The molecule has 5 heteroatoms. The van der Waals surface area contributed by atoms with Gasteiger partial charge in [-0.15, -0.1) is 0 Å². The number of anilines is 1. The van der Waals surface area contributed by atoms with Gasteiger partial charge in [-0.05, 0) is 52.7 Å². The molecule has 1 aromatic heterocycles. The number of carbonyl (C=O) groups excluding carboxylic acids is 1. The first-order valence-electron chi connectivity index (χ1n) is 10.3. The van der Waals surface area contributed by atoms with E-state index in [1.165, 1.54) is 32.1 Å². The normalized spacial score (nSPS) is 11.0. The van der Waals surface area contributed by atoms with Crippen LogP contribution in [-0.2, 0) is 0 Å². The van der Waals surface area contributed by atoms with Gasteiger partial charge in [0.2, 0.25) is 5.78 Å². The van der Waals surface area contributed by atoms with E-state index >= 15 is 0 Å². The molecule has 0 aliphatic heterocycles. The molecule has 154 valence electrons. The van der Waals surface area contributed by atoms with Crippen molar-refractivity contribution in [2.24, 2.45) is 0 Å². The monoisotopic (exact) mass is 457 g/mol. The number of methoxy groups -OCH3 is 1. The molecule has 0 saturated heterocycles. The van der Waals surface area contributed by atoms with E-state index in [4.69, 9.17) is 9.15 Å². The van der Waals surface area contributed by atoms with Crippen molar-refractivity contribution in [1.29, 1.82) is 0 Å². The SMILES string of the molecule is CCCCCCCCNc1c(C(=O)c2ccc(OC)c(Br)c2)oc2ccccc12. The number of unbranched alkanes of at least 4 members (excludes halogenated alkanes) is 5. The molecule has 0 bridgehead atoms. The highest BCUT2D eigenvalue weighted by Crippen LogP contribution is 2.34. The molecule has 4 nitrogen and oxygen atoms in total. The Morgan fingerprint density at radius 3 is 2.59 bits per heavy atom. The minimum atomic E-state index is -0.144. The highest BCUT2D eigenvalue weighted by Gasteiger charge is 2.22. The van der Waals surface area contributed by atoms with Crippen molar-refractivity contribution >= 4 is 38.4 Å². The highest BCUT2D eigenvalue weighted by atomic mass is 79.9. The van der Waals surface area contributed by atoms with Crippen molar-refractivity contribution in [3.05, 3.63) is 58.3 Å². The lowest BCUT2D eigenvalue weighted by atomic mass is 10.1. The number of hydrogen-bond donors (Lipinski definition) is 1. The zero-order chi connectivity index (χ0) is 20.6. The maximum absolute atomic E-state index is 13.2. The summed E-state index contributed by atoms with van der Waals surface area (Å²) in [5, 5.41) is 4.40. The van der Waals surface area contributed by atoms with Gasteiger partial charge in [0.1, 0.15) is 11.3 Å². The number of para-hydroxylation sites is 1. The molecule has 0 saturated carbocycles. The van der Waals surface area contributed by atoms with Crippen LogP contribution in [0.2, 0.25) is 0 Å². The summed E-state index contributed by atoms with van der Waals surface area (Å²) in [5.74, 6) is 0.900. The van der Waals surface area contributed by atoms with Gasteiger partial charge in [-0.25, -0.2) is 0 Å². The second-order valence-electron chi connectivity index (χ2n) is 7.18. The second kappa shape index (κ2) is 10.5. The maximum Gasteiger partial charge on any atom is 0.230 e. The largest absolute Gasteiger partial charge is 0.496 e. The van der Waals surface area contributed by atoms with Gasteiger partial charge >= 0.3 is 0 Å². The Kier molecular flexibility index (Phi) is 7.76. The van der Waals surface area contributed by atoms with E-state index in [-0.39, 0.29) is 5.78 Å². The number of benzene rings is 2. The molecule has 3 rings (SSSR count). The fourth-order valence-corrected chi connectivity index (χ4v) is 3.98. The Balaban J connectivity index is 1.79. The number of furan rings is 1. The van der Waals surface area contributed by atoms with E-state index < -0.39 is 0 Å². The number of ether oxygens (including phenoxy) is 1. The zero-order valence-corrected chi connectivity index (χ0v) is 18.7. The number of hydrogen-bond acceptors (Lipinski definition) is 4. The third kappa shape index (κ3) is 5.21. The van der Waals surface area contributed by atoms with Crippen LogP contribution in [-0.4, -0.2) is 19.4 Å². The third-order valence-electron chi connectivity index (χ3n) is 5.05. The van der Waals surface area contributed by atoms with Gasteiger partial charge in [-0.3, -0.25) is 4.79 Å². The number of ketones is 1. The van der Waals surface area contributed by atoms with Gasteiger partial charge in [0.15, 0.2) is 5.76 Å². The molecular formula is C24H28BrNO3. The second-order valence-corrected chi connectivity index (χ2v) is 8.03. The Labute approximate surface area is 180 Å². The van der Waals surface area contributed by atoms with Crippen molar-refractivity contribution in [3.63, 3.8) is 0 Å². The average molecular weight is 458 g/mol. The highest BCUT2D eigenvalue weighted by molar-refractivity contribution is 9.10. The summed E-state index contributed by atoms with van der Waals surface area (Å²) >= 11 is 3.45. The lowest BCUT2D eigenvalue weighted by molar-refractivity contribution is 0.101. The predicted molar refractivity (Wildman–Crippen MR) is 122 cm³/mol. The van der Waals surface area contributed by atoms with Gasteiger partial charge < -0.3 is 14.5 Å². The molecule has 2 aromatic carbocycles. The van der Waals surface area contributed by atoms with Crippen LogP contribution in [0.5, 0.6) is 5.75 Å². The van der Waals surface area contributed by atoms with Gasteiger partial charge in [-0.1, -0.05) is 51.2 Å². The van der Waals surface area contributed by atoms with Crippen molar-refractivity contribution in [3.8, 4) is 5.75 Å². The molecule has 0 radical (unpaired) electrons. The van der Waals surface area contributed by atoms with Crippen LogP contribution in [0, 0.1) is 0 Å². The molecule has 0 amide bonds. The quantitative estimate of drug-likeness (QED) is 0.244. The van der Waals surface area contributed by atoms with Crippen LogP contribution in [0.15, 0.2) is 51.4 Å². The molecule has 0 fully saturated rings. The van der Waals surface area contributed by atoms with Crippen LogP contribution in [0.25, 0.3) is 11.0 Å². The number of rotatable bonds is 11. The fourth-order valence-electron chi connectivity index (χ4n) is 3.44. The first kappa shape index (κ1) is 21.4. The van der Waals surface area contributed by atoms with Crippen LogP contribution in [0.4, 0.5) is 5.69 Å². The number of halogens is 1. The summed E-state index contributed by atoms with van der Waals surface area (Å²) in [5.41, 5.74) is 2.05. The fraction of sp³-hybridized carbons (Fsp3) is 0.375. The van der Waals surface area contributed by atoms with E-state index in [1.807, 2.05) is 24.3 Å². The average Bonchev–Trinajstić information content (AvgIpc) is 3.11. The number of fused-ring (bicyclic) bond motifs is 1. The molecule has 0 aliphatic rings. The molecule has 3 aromatic rings. The van der Waals surface area contributed by atoms with Crippen LogP contribution >= 0.6 is 15.9 Å². The summed E-state index contributed by atoms with van der Waals surface area (Å²) in [6, 6.07) is 13.1. The van der Waals surface area contributed by atoms with E-state index in [1.54, 1.807) is 25.3 Å². The minimum Gasteiger partial charge on any atom is -0.496 e. The molecule has 0 spiro atoms. The summed E-state index contributed by atoms with van der Waals surface area (Å²) in [6.45, 7) is 3.05. The molecule has 29 heavy (non-hydrogen) atoms. The van der Waals surface area contributed by atoms with Crippen molar-refractivity contribution in [1.82, 2.24) is 0 Å². The Morgan fingerprint density at radius 2 is 1.83 bits per heavy atom. The third-order valence-corrected chi connectivity index (χ3v) is 5.67. The molecule has 0 unspecified atom stereocenters. The van der Waals surface area contributed by atoms with Crippen LogP contribution in [0.3, 0.4) is 0 Å². The summed E-state index contributed by atoms with van der Waals surface area (Å²) in [4.78, 5) is 13.2. The van der Waals surface area contributed by atoms with Gasteiger partial charge in [0.05, 0.1) is 17.3 Å². The number of carbonyl (C=O) groups is 1. The standard InChI is InChI=1S/C24H28BrNO3/c1-3-4-5-6-7-10-15-26-22-18-11-8-9-12-20(18)29-24(22)23(27)17-13-14-21(28-2)19(25)16-17/h8-9,11-14,16,26H,3-7,10,15H2,1-2H3. The lowest BCUT2D eigenvalue weighted by Crippen LogP contribution is -2.07. The Hall–Kier alpha value is -2.27. The smallest absolute Gasteiger partial charge is 0.230 e. The van der Waals surface area contributed by atoms with Crippen molar-refractivity contribution in [2.75, 3.05) is 19.0 Å². The van der Waals surface area contributed by atoms with Crippen LogP contribution < -0.4 is 10.1 Å². The molecule has 1 N–H and O–H groups in total. The van der Waals surface area contributed by atoms with Gasteiger partial charge in [0.25, 0.3) is 0 Å². The van der Waals surface area contributed by atoms with Gasteiger partial charge in [-0.2, -0.15) is 0 Å². The van der Waals surface area contributed by atoms with E-state index in [9.17, 15) is 4.79 Å². The van der Waals surface area contributed by atoms with Gasteiger partial charge in [0, 0.05) is 17.5 Å². The topological polar surface area (TPSA) is 51.5 Å². The summed E-state index contributed by atoms with van der Waals surface area (Å²) in [7, 11) is 1.60. The van der Waals surface area contributed by atoms with E-state index in [0.717, 1.165) is 28.5 Å². The molecule has 0 aliphatic carbocycles. The first-order valence-corrected chi connectivity index (χ1v) is 11.1. The minimum absolute atomic E-state index is 0.144. The van der Waals surface area contributed by atoms with Crippen LogP contribution in [0.1, 0.15) is 61.6 Å². The zero-order valence-electron chi connectivity index (χ0n) is 17.1. The maximum atomic E-state index is 13.2. The lowest BCUT2D eigenvalue weighted by Gasteiger charge is -2.08. The number of nitrogens with one attached hydrogen (secondary N) is 1. The molecule has 0 atom stereocenters. The van der Waals surface area contributed by atoms with Crippen molar-refractivity contribution < 1.29 is 13.9 Å². The Bertz CT molecular complexity index is 964. The molecule has 1 heterocycles. The summed E-state index contributed by atoms with van der Waals surface area (Å²) < 4.78 is 12.0. The first-order chi connectivity index (χ1) is 14.2. The van der Waals surface area contributed by atoms with E-state index in [0.29, 0.717) is 22.7 Å². The summed E-state index contributed by atoms with van der Waals surface area (Å²) in [6.07, 6.45) is 7.37. The predicted octanol–water partition coefficient (Wildman–Crippen LogP) is 7.21. The van der Waals surface area contributed by atoms with Crippen molar-refractivity contribution in [2.45, 2.75) is 45.4 Å². The van der Waals surface area contributed by atoms with E-state index in [2.05, 4.69) is 28.2 Å².